The highest BCUT2D eigenvalue weighted by molar-refractivity contribution is 5.85. The van der Waals surface area contributed by atoms with Gasteiger partial charge in [0, 0.05) is 12.1 Å². The summed E-state index contributed by atoms with van der Waals surface area (Å²) in [4.78, 5) is 0. The van der Waals surface area contributed by atoms with E-state index >= 15 is 0 Å². The molecule has 4 heteroatoms. The quantitative estimate of drug-likeness (QED) is 0.676. The molecule has 144 valence electrons. The van der Waals surface area contributed by atoms with Crippen LogP contribution in [0.3, 0.4) is 0 Å². The fourth-order valence-corrected chi connectivity index (χ4v) is 5.11. The third-order valence-electron chi connectivity index (χ3n) is 6.53. The van der Waals surface area contributed by atoms with Crippen molar-refractivity contribution in [1.82, 2.24) is 10.6 Å². The molecule has 0 radical (unpaired) electrons. The topological polar surface area (TPSA) is 24.1 Å². The summed E-state index contributed by atoms with van der Waals surface area (Å²) in [5.74, 6) is 2.04. The van der Waals surface area contributed by atoms with Crippen LogP contribution in [0.5, 0.6) is 0 Å². The van der Waals surface area contributed by atoms with Crippen LogP contribution in [0.2, 0.25) is 0 Å². The predicted molar refractivity (Wildman–Crippen MR) is 110 cm³/mol. The maximum Gasteiger partial charge on any atom is 0.00697 e. The molecule has 2 N–H and O–H groups in total. The Labute approximate surface area is 162 Å². The van der Waals surface area contributed by atoms with Crippen LogP contribution in [0.4, 0.5) is 0 Å². The molecule has 2 heterocycles. The van der Waals surface area contributed by atoms with Gasteiger partial charge in [0.05, 0.1) is 0 Å². The molecular weight excluding hydrogens is 339 g/mol. The Morgan fingerprint density at radius 1 is 0.500 bits per heavy atom. The molecular formula is C20H40Cl2N2. The van der Waals surface area contributed by atoms with E-state index in [9.17, 15) is 0 Å². The van der Waals surface area contributed by atoms with E-state index in [0.717, 1.165) is 23.9 Å². The minimum absolute atomic E-state index is 0. The van der Waals surface area contributed by atoms with Gasteiger partial charge >= 0.3 is 0 Å². The first-order chi connectivity index (χ1) is 10.9. The van der Waals surface area contributed by atoms with Crippen molar-refractivity contribution < 1.29 is 0 Å². The van der Waals surface area contributed by atoms with E-state index in [2.05, 4.69) is 10.6 Å². The van der Waals surface area contributed by atoms with Gasteiger partial charge in [0.15, 0.2) is 0 Å². The molecule has 24 heavy (non-hydrogen) atoms. The second-order valence-electron chi connectivity index (χ2n) is 8.36. The summed E-state index contributed by atoms with van der Waals surface area (Å²) in [6, 6.07) is 1.68. The van der Waals surface area contributed by atoms with Crippen LogP contribution in [0.1, 0.15) is 89.9 Å². The van der Waals surface area contributed by atoms with Gasteiger partial charge in [-0.25, -0.2) is 0 Å². The van der Waals surface area contributed by atoms with Crippen molar-refractivity contribution in [2.45, 2.75) is 102 Å². The highest BCUT2D eigenvalue weighted by Gasteiger charge is 2.26. The average Bonchev–Trinajstić information content (AvgIpc) is 2.94. The Hall–Kier alpha value is 0.500. The molecule has 0 bridgehead atoms. The molecule has 2 saturated heterocycles. The Morgan fingerprint density at radius 2 is 0.917 bits per heavy atom. The van der Waals surface area contributed by atoms with Crippen molar-refractivity contribution in [2.75, 3.05) is 13.1 Å². The predicted octanol–water partition coefficient (Wildman–Crippen LogP) is 5.48. The molecule has 0 spiro atoms. The van der Waals surface area contributed by atoms with E-state index in [1.54, 1.807) is 0 Å². The Bertz CT molecular complexity index is 260. The largest absolute Gasteiger partial charge is 0.314 e. The molecule has 0 aromatic rings. The Kier molecular flexibility index (Phi) is 12.0. The molecule has 2 atom stereocenters. The second kappa shape index (κ2) is 12.8. The lowest BCUT2D eigenvalue weighted by Crippen LogP contribution is -2.33. The fourth-order valence-electron chi connectivity index (χ4n) is 5.11. The van der Waals surface area contributed by atoms with E-state index in [1.165, 1.54) is 103 Å². The molecule has 3 aliphatic rings. The van der Waals surface area contributed by atoms with Crippen molar-refractivity contribution in [3.8, 4) is 0 Å². The zero-order chi connectivity index (χ0) is 15.0. The SMILES string of the molecule is C1CCNC(CC2CCC(CC3CCCCCN3)CC2)CC1.Cl.Cl. The summed E-state index contributed by atoms with van der Waals surface area (Å²) >= 11 is 0. The standard InChI is InChI=1S/C20H38N2.2ClH/c1-3-7-19(21-13-5-1)15-17-9-11-18(12-10-17)16-20-8-4-2-6-14-22-20;;/h17-22H,1-16H2;2*1H. The van der Waals surface area contributed by atoms with Crippen molar-refractivity contribution >= 4 is 24.8 Å². The van der Waals surface area contributed by atoms with Gasteiger partial charge in [0.25, 0.3) is 0 Å². The first kappa shape index (κ1) is 22.5. The molecule has 2 unspecified atom stereocenters. The molecule has 0 amide bonds. The zero-order valence-electron chi connectivity index (χ0n) is 15.4. The van der Waals surface area contributed by atoms with Gasteiger partial charge in [0.1, 0.15) is 0 Å². The number of nitrogens with one attached hydrogen (secondary N) is 2. The molecule has 1 saturated carbocycles. The van der Waals surface area contributed by atoms with Gasteiger partial charge < -0.3 is 10.6 Å². The number of hydrogen-bond donors (Lipinski definition) is 2. The van der Waals surface area contributed by atoms with Gasteiger partial charge in [-0.3, -0.25) is 0 Å². The molecule has 2 aliphatic heterocycles. The van der Waals surface area contributed by atoms with Crippen LogP contribution in [-0.2, 0) is 0 Å². The molecule has 0 aromatic heterocycles. The van der Waals surface area contributed by atoms with Crippen molar-refractivity contribution in [2.24, 2.45) is 11.8 Å². The van der Waals surface area contributed by atoms with Crippen molar-refractivity contribution in [3.05, 3.63) is 0 Å². The third-order valence-corrected chi connectivity index (χ3v) is 6.53. The number of rotatable bonds is 4. The molecule has 3 fully saturated rings. The van der Waals surface area contributed by atoms with Gasteiger partial charge in [-0.15, -0.1) is 24.8 Å². The van der Waals surface area contributed by atoms with E-state index in [4.69, 9.17) is 0 Å². The second-order valence-corrected chi connectivity index (χ2v) is 8.36. The Morgan fingerprint density at radius 3 is 1.33 bits per heavy atom. The summed E-state index contributed by atoms with van der Waals surface area (Å²) in [5, 5.41) is 7.61. The van der Waals surface area contributed by atoms with Gasteiger partial charge in [0.2, 0.25) is 0 Å². The summed E-state index contributed by atoms with van der Waals surface area (Å²) in [5.41, 5.74) is 0. The normalized spacial score (nSPS) is 35.0. The monoisotopic (exact) mass is 378 g/mol. The minimum Gasteiger partial charge on any atom is -0.314 e. The molecule has 2 nitrogen and oxygen atoms in total. The Balaban J connectivity index is 0.00000144. The first-order valence-electron chi connectivity index (χ1n) is 10.4. The van der Waals surface area contributed by atoms with E-state index in [1.807, 2.05) is 0 Å². The summed E-state index contributed by atoms with van der Waals surface area (Å²) in [6.45, 7) is 2.54. The van der Waals surface area contributed by atoms with Crippen LogP contribution in [0.25, 0.3) is 0 Å². The van der Waals surface area contributed by atoms with E-state index in [0.29, 0.717) is 0 Å². The van der Waals surface area contributed by atoms with E-state index < -0.39 is 0 Å². The minimum atomic E-state index is 0. The number of halogens is 2. The van der Waals surface area contributed by atoms with Crippen LogP contribution in [-0.4, -0.2) is 25.2 Å². The lowest BCUT2D eigenvalue weighted by molar-refractivity contribution is 0.218. The molecule has 1 aliphatic carbocycles. The van der Waals surface area contributed by atoms with Gasteiger partial charge in [-0.2, -0.15) is 0 Å². The van der Waals surface area contributed by atoms with E-state index in [-0.39, 0.29) is 24.8 Å². The fraction of sp³-hybridized carbons (Fsp3) is 1.00. The first-order valence-corrected chi connectivity index (χ1v) is 10.4. The lowest BCUT2D eigenvalue weighted by Gasteiger charge is -2.32. The number of hydrogen-bond acceptors (Lipinski definition) is 2. The van der Waals surface area contributed by atoms with Crippen LogP contribution < -0.4 is 10.6 Å². The smallest absolute Gasteiger partial charge is 0.00697 e. The highest BCUT2D eigenvalue weighted by atomic mass is 35.5. The lowest BCUT2D eigenvalue weighted by atomic mass is 9.76. The molecule has 0 aromatic carbocycles. The van der Waals surface area contributed by atoms with Crippen LogP contribution >= 0.6 is 24.8 Å². The van der Waals surface area contributed by atoms with Crippen LogP contribution in [0.15, 0.2) is 0 Å². The van der Waals surface area contributed by atoms with Gasteiger partial charge in [-0.1, -0.05) is 51.4 Å². The maximum absolute atomic E-state index is 3.80. The van der Waals surface area contributed by atoms with Crippen LogP contribution in [0, 0.1) is 11.8 Å². The van der Waals surface area contributed by atoms with Crippen molar-refractivity contribution in [3.63, 3.8) is 0 Å². The maximum atomic E-state index is 3.80. The zero-order valence-corrected chi connectivity index (χ0v) is 17.1. The summed E-state index contributed by atoms with van der Waals surface area (Å²) < 4.78 is 0. The van der Waals surface area contributed by atoms with Gasteiger partial charge in [-0.05, 0) is 63.5 Å². The summed E-state index contributed by atoms with van der Waals surface area (Å²) in [6.07, 6.45) is 20.5. The third kappa shape index (κ3) is 7.81. The highest BCUT2D eigenvalue weighted by Crippen LogP contribution is 2.35. The summed E-state index contributed by atoms with van der Waals surface area (Å²) in [7, 11) is 0. The van der Waals surface area contributed by atoms with Crippen molar-refractivity contribution in [1.29, 1.82) is 0 Å². The molecule has 3 rings (SSSR count). The average molecular weight is 379 g/mol.